The molecule has 0 saturated heterocycles. The third-order valence-electron chi connectivity index (χ3n) is 6.37. The van der Waals surface area contributed by atoms with Crippen LogP contribution in [0.3, 0.4) is 0 Å². The van der Waals surface area contributed by atoms with Gasteiger partial charge in [-0.1, -0.05) is 46.4 Å². The number of aromatic nitrogens is 2. The molecule has 2 aromatic heterocycles. The second-order valence-corrected chi connectivity index (χ2v) is 10.8. The van der Waals surface area contributed by atoms with E-state index in [4.69, 9.17) is 0 Å². The summed E-state index contributed by atoms with van der Waals surface area (Å²) in [6.45, 7) is 3.20. The molecule has 2 nitrogen and oxygen atoms in total. The molecule has 2 aromatic rings. The summed E-state index contributed by atoms with van der Waals surface area (Å²) in [5.74, 6) is 0. The van der Waals surface area contributed by atoms with Gasteiger partial charge in [-0.15, -0.1) is 0 Å². The zero-order chi connectivity index (χ0) is 17.1. The molecule has 0 amide bonds. The smallest absolute Gasteiger partial charge is 0.0985 e. The molecular formula is C22H33N2P. The molecule has 2 heterocycles. The van der Waals surface area contributed by atoms with E-state index in [1.807, 2.05) is 0 Å². The van der Waals surface area contributed by atoms with Crippen molar-refractivity contribution in [3.63, 3.8) is 0 Å². The average Bonchev–Trinajstić information content (AvgIpc) is 3.27. The minimum absolute atomic E-state index is 0.0176. The zero-order valence-corrected chi connectivity index (χ0v) is 16.6. The van der Waals surface area contributed by atoms with Crippen LogP contribution in [0.1, 0.15) is 69.9 Å². The molecule has 2 aliphatic rings. The Morgan fingerprint density at radius 2 is 1.36 bits per heavy atom. The number of rotatable bonds is 5. The largest absolute Gasteiger partial charge is 0.333 e. The van der Waals surface area contributed by atoms with Crippen molar-refractivity contribution >= 4 is 13.4 Å². The fraction of sp³-hybridized carbons (Fsp3) is 0.636. The molecule has 2 aliphatic carbocycles. The van der Waals surface area contributed by atoms with Gasteiger partial charge >= 0.3 is 0 Å². The van der Waals surface area contributed by atoms with E-state index < -0.39 is 0 Å². The van der Waals surface area contributed by atoms with E-state index in [0.29, 0.717) is 0 Å². The van der Waals surface area contributed by atoms with Gasteiger partial charge in [0.15, 0.2) is 0 Å². The molecule has 0 radical (unpaired) electrons. The summed E-state index contributed by atoms with van der Waals surface area (Å²) in [7, 11) is -0.0176. The molecule has 2 saturated carbocycles. The molecule has 3 heteroatoms. The summed E-state index contributed by atoms with van der Waals surface area (Å²) < 4.78 is 4.96. The van der Waals surface area contributed by atoms with Crippen molar-refractivity contribution in [1.29, 1.82) is 0 Å². The topological polar surface area (TPSA) is 9.86 Å². The van der Waals surface area contributed by atoms with Crippen molar-refractivity contribution < 1.29 is 0 Å². The monoisotopic (exact) mass is 356 g/mol. The summed E-state index contributed by atoms with van der Waals surface area (Å²) in [6.07, 6.45) is 19.3. The lowest BCUT2D eigenvalue weighted by atomic mass is 9.99. The van der Waals surface area contributed by atoms with Crippen molar-refractivity contribution in [1.82, 2.24) is 9.13 Å². The first-order chi connectivity index (χ1) is 12.3. The van der Waals surface area contributed by atoms with Crippen molar-refractivity contribution in [3.05, 3.63) is 42.4 Å². The standard InChI is InChI=1S/C22H33N2P/c1-19-10-8-16-23(19)18-24-17-9-15-22(24)25(20-11-4-2-5-12-20)21-13-6-3-7-14-21/h8-10,15-17,20-21H,2-7,11-14,18H2,1H3. The molecule has 0 spiro atoms. The van der Waals surface area contributed by atoms with Crippen LogP contribution in [-0.4, -0.2) is 20.5 Å². The molecular weight excluding hydrogens is 323 g/mol. The van der Waals surface area contributed by atoms with Crippen LogP contribution in [0.2, 0.25) is 0 Å². The van der Waals surface area contributed by atoms with Gasteiger partial charge < -0.3 is 9.13 Å². The highest BCUT2D eigenvalue weighted by Crippen LogP contribution is 2.54. The molecule has 25 heavy (non-hydrogen) atoms. The summed E-state index contributed by atoms with van der Waals surface area (Å²) in [4.78, 5) is 0. The first-order valence-electron chi connectivity index (χ1n) is 10.4. The first-order valence-corrected chi connectivity index (χ1v) is 11.9. The van der Waals surface area contributed by atoms with Crippen LogP contribution in [0.4, 0.5) is 0 Å². The highest BCUT2D eigenvalue weighted by Gasteiger charge is 2.33. The molecule has 0 unspecified atom stereocenters. The van der Waals surface area contributed by atoms with Crippen molar-refractivity contribution in [3.8, 4) is 0 Å². The third kappa shape index (κ3) is 3.90. The number of nitrogens with zero attached hydrogens (tertiary/aromatic N) is 2. The van der Waals surface area contributed by atoms with Crippen LogP contribution >= 0.6 is 7.92 Å². The third-order valence-corrected chi connectivity index (χ3v) is 9.91. The first kappa shape index (κ1) is 17.4. The maximum Gasteiger partial charge on any atom is 0.0985 e. The Morgan fingerprint density at radius 3 is 1.92 bits per heavy atom. The molecule has 2 fully saturated rings. The Labute approximate surface area is 154 Å². The van der Waals surface area contributed by atoms with E-state index in [0.717, 1.165) is 18.0 Å². The van der Waals surface area contributed by atoms with Gasteiger partial charge in [0.25, 0.3) is 0 Å². The zero-order valence-electron chi connectivity index (χ0n) is 15.7. The Kier molecular flexibility index (Phi) is 5.66. The Bertz CT molecular complexity index is 641. The van der Waals surface area contributed by atoms with E-state index in [2.05, 4.69) is 52.7 Å². The highest BCUT2D eigenvalue weighted by atomic mass is 31.1. The fourth-order valence-corrected chi connectivity index (χ4v) is 8.84. The molecule has 0 aliphatic heterocycles. The fourth-order valence-electron chi connectivity index (χ4n) is 4.97. The van der Waals surface area contributed by atoms with Crippen LogP contribution in [0.5, 0.6) is 0 Å². The quantitative estimate of drug-likeness (QED) is 0.592. The van der Waals surface area contributed by atoms with Gasteiger partial charge in [-0.25, -0.2) is 0 Å². The van der Waals surface area contributed by atoms with Crippen LogP contribution in [0.15, 0.2) is 36.7 Å². The lowest BCUT2D eigenvalue weighted by Crippen LogP contribution is -2.30. The van der Waals surface area contributed by atoms with Crippen LogP contribution < -0.4 is 5.44 Å². The van der Waals surface area contributed by atoms with Gasteiger partial charge in [-0.3, -0.25) is 0 Å². The van der Waals surface area contributed by atoms with Crippen LogP contribution in [0.25, 0.3) is 0 Å². The summed E-state index contributed by atoms with van der Waals surface area (Å²) in [5, 5.41) is 0. The summed E-state index contributed by atoms with van der Waals surface area (Å²) >= 11 is 0. The minimum atomic E-state index is -0.0176. The van der Waals surface area contributed by atoms with Gasteiger partial charge in [-0.05, 0) is 68.2 Å². The van der Waals surface area contributed by atoms with Crippen molar-refractivity contribution in [2.24, 2.45) is 0 Å². The second-order valence-electron chi connectivity index (χ2n) is 8.09. The predicted octanol–water partition coefficient (Wildman–Crippen LogP) is 5.88. The van der Waals surface area contributed by atoms with Gasteiger partial charge in [0.1, 0.15) is 0 Å². The Morgan fingerprint density at radius 1 is 0.800 bits per heavy atom. The Balaban J connectivity index is 1.62. The van der Waals surface area contributed by atoms with Crippen LogP contribution in [-0.2, 0) is 6.67 Å². The molecule has 4 rings (SSSR count). The SMILES string of the molecule is Cc1cccn1Cn1cccc1P(C1CCCCC1)C1CCCCC1. The van der Waals surface area contributed by atoms with Crippen LogP contribution in [0, 0.1) is 6.92 Å². The van der Waals surface area contributed by atoms with Crippen molar-refractivity contribution in [2.75, 3.05) is 0 Å². The van der Waals surface area contributed by atoms with Crippen molar-refractivity contribution in [2.45, 2.75) is 89.1 Å². The van der Waals surface area contributed by atoms with E-state index in [1.165, 1.54) is 69.9 Å². The second kappa shape index (κ2) is 8.12. The van der Waals surface area contributed by atoms with E-state index in [-0.39, 0.29) is 7.92 Å². The molecule has 136 valence electrons. The highest BCUT2D eigenvalue weighted by molar-refractivity contribution is 7.66. The molecule has 0 aromatic carbocycles. The van der Waals surface area contributed by atoms with Gasteiger partial charge in [0.05, 0.1) is 6.67 Å². The van der Waals surface area contributed by atoms with Gasteiger partial charge in [0.2, 0.25) is 0 Å². The van der Waals surface area contributed by atoms with Gasteiger partial charge in [-0.2, -0.15) is 0 Å². The Hall–Kier alpha value is -1.01. The lowest BCUT2D eigenvalue weighted by Gasteiger charge is -2.39. The molecule has 0 N–H and O–H groups in total. The van der Waals surface area contributed by atoms with E-state index in [1.54, 1.807) is 5.44 Å². The lowest BCUT2D eigenvalue weighted by molar-refractivity contribution is 0.486. The van der Waals surface area contributed by atoms with E-state index >= 15 is 0 Å². The predicted molar refractivity (Wildman–Crippen MR) is 109 cm³/mol. The van der Waals surface area contributed by atoms with E-state index in [9.17, 15) is 0 Å². The maximum absolute atomic E-state index is 2.57. The maximum atomic E-state index is 2.57. The number of aryl methyl sites for hydroxylation is 1. The summed E-state index contributed by atoms with van der Waals surface area (Å²) in [6, 6.07) is 9.15. The number of hydrogen-bond acceptors (Lipinski definition) is 0. The normalized spacial score (nSPS) is 20.4. The summed E-state index contributed by atoms with van der Waals surface area (Å²) in [5.41, 5.74) is 5.00. The molecule has 0 atom stereocenters. The minimum Gasteiger partial charge on any atom is -0.333 e. The average molecular weight is 356 g/mol. The number of hydrogen-bond donors (Lipinski definition) is 0. The molecule has 0 bridgehead atoms. The van der Waals surface area contributed by atoms with Gasteiger partial charge in [0, 0.05) is 23.5 Å².